The molecule has 0 radical (unpaired) electrons. The Morgan fingerprint density at radius 1 is 1.08 bits per heavy atom. The topological polar surface area (TPSA) is 44.8 Å². The molecule has 2 aromatic carbocycles. The van der Waals surface area contributed by atoms with Crippen LogP contribution in [0, 0.1) is 5.82 Å². The number of hydrogen-bond acceptors (Lipinski definition) is 4. The fourth-order valence-electron chi connectivity index (χ4n) is 2.17. The predicted octanol–water partition coefficient (Wildman–Crippen LogP) is 4.11. The smallest absolute Gasteiger partial charge is 0.387 e. The molecule has 0 atom stereocenters. The second kappa shape index (κ2) is 8.96. The Morgan fingerprint density at radius 2 is 1.88 bits per heavy atom. The monoisotopic (exact) mass is 354 g/mol. The third kappa shape index (κ3) is 6.02. The molecular weight excluding hydrogens is 337 g/mol. The molecule has 0 aliphatic carbocycles. The molecule has 4 nitrogen and oxygen atoms in total. The summed E-state index contributed by atoms with van der Waals surface area (Å²) in [5.41, 5.74) is 1.27. The number of rotatable bonds is 8. The van der Waals surface area contributed by atoms with Gasteiger partial charge in [0.1, 0.15) is 12.4 Å². The van der Waals surface area contributed by atoms with Gasteiger partial charge < -0.3 is 14.2 Å². The van der Waals surface area contributed by atoms with Crippen molar-refractivity contribution in [3.05, 3.63) is 59.4 Å². The maximum atomic E-state index is 13.1. The van der Waals surface area contributed by atoms with Crippen LogP contribution in [0.25, 0.3) is 0 Å². The average molecular weight is 354 g/mol. The molecule has 0 spiro atoms. The van der Waals surface area contributed by atoms with Gasteiger partial charge in [-0.05, 0) is 41.8 Å². The highest BCUT2D eigenvalue weighted by molar-refractivity contribution is 5.69. The Kier molecular flexibility index (Phi) is 6.68. The van der Waals surface area contributed by atoms with Crippen molar-refractivity contribution in [1.82, 2.24) is 0 Å². The van der Waals surface area contributed by atoms with Crippen LogP contribution in [0.4, 0.5) is 13.2 Å². The van der Waals surface area contributed by atoms with Gasteiger partial charge in [-0.25, -0.2) is 4.39 Å². The third-order valence-electron chi connectivity index (χ3n) is 3.35. The van der Waals surface area contributed by atoms with E-state index >= 15 is 0 Å². The van der Waals surface area contributed by atoms with Crippen LogP contribution in [0.1, 0.15) is 17.5 Å². The van der Waals surface area contributed by atoms with Crippen molar-refractivity contribution < 1.29 is 32.2 Å². The number of alkyl halides is 2. The Hall–Kier alpha value is -2.70. The van der Waals surface area contributed by atoms with Gasteiger partial charge in [0, 0.05) is 6.42 Å². The summed E-state index contributed by atoms with van der Waals surface area (Å²) in [6, 6.07) is 10.3. The van der Waals surface area contributed by atoms with Crippen molar-refractivity contribution in [1.29, 1.82) is 0 Å². The number of hydrogen-bond donors (Lipinski definition) is 0. The Labute approximate surface area is 143 Å². The lowest BCUT2D eigenvalue weighted by molar-refractivity contribution is -0.144. The van der Waals surface area contributed by atoms with Gasteiger partial charge in [-0.2, -0.15) is 8.78 Å². The summed E-state index contributed by atoms with van der Waals surface area (Å²) in [6.45, 7) is -2.99. The molecule has 2 aromatic rings. The largest absolute Gasteiger partial charge is 0.493 e. The fourth-order valence-corrected chi connectivity index (χ4v) is 2.17. The van der Waals surface area contributed by atoms with E-state index < -0.39 is 12.6 Å². The van der Waals surface area contributed by atoms with Gasteiger partial charge in [-0.1, -0.05) is 18.2 Å². The number of carbonyl (C=O) groups excluding carboxylic acids is 1. The number of benzene rings is 2. The maximum Gasteiger partial charge on any atom is 0.387 e. The summed E-state index contributed by atoms with van der Waals surface area (Å²) in [5, 5.41) is 0. The minimum Gasteiger partial charge on any atom is -0.493 e. The molecule has 0 aromatic heterocycles. The van der Waals surface area contributed by atoms with E-state index in [4.69, 9.17) is 9.47 Å². The van der Waals surface area contributed by atoms with Gasteiger partial charge in [-0.15, -0.1) is 0 Å². The molecule has 134 valence electrons. The third-order valence-corrected chi connectivity index (χ3v) is 3.35. The molecule has 0 aliphatic rings. The first kappa shape index (κ1) is 18.6. The lowest BCUT2D eigenvalue weighted by atomic mass is 10.1. The van der Waals surface area contributed by atoms with Crippen LogP contribution in [-0.2, 0) is 22.6 Å². The summed E-state index contributed by atoms with van der Waals surface area (Å²) in [4.78, 5) is 11.8. The molecule has 2 rings (SSSR count). The van der Waals surface area contributed by atoms with Gasteiger partial charge in [-0.3, -0.25) is 4.79 Å². The van der Waals surface area contributed by atoms with E-state index in [1.54, 1.807) is 12.1 Å². The Morgan fingerprint density at radius 3 is 2.56 bits per heavy atom. The number of ether oxygens (including phenoxy) is 3. The van der Waals surface area contributed by atoms with E-state index in [0.717, 1.165) is 0 Å². The molecule has 0 saturated carbocycles. The van der Waals surface area contributed by atoms with Gasteiger partial charge in [0.25, 0.3) is 0 Å². The number of esters is 1. The zero-order valence-corrected chi connectivity index (χ0v) is 13.5. The van der Waals surface area contributed by atoms with E-state index in [0.29, 0.717) is 17.5 Å². The molecule has 7 heteroatoms. The molecule has 0 bridgehead atoms. The number of halogens is 3. The lowest BCUT2D eigenvalue weighted by Gasteiger charge is -2.11. The average Bonchev–Trinajstić information content (AvgIpc) is 2.58. The van der Waals surface area contributed by atoms with Crippen molar-refractivity contribution in [2.75, 3.05) is 7.11 Å². The van der Waals surface area contributed by atoms with Crippen molar-refractivity contribution in [2.24, 2.45) is 0 Å². The normalized spacial score (nSPS) is 10.6. The van der Waals surface area contributed by atoms with Crippen LogP contribution in [0.5, 0.6) is 11.5 Å². The minimum absolute atomic E-state index is 0.0344. The van der Waals surface area contributed by atoms with E-state index in [1.165, 1.54) is 37.4 Å². The SMILES string of the molecule is COc1cc(COC(=O)CCc2cccc(F)c2)ccc1OC(F)F. The summed E-state index contributed by atoms with van der Waals surface area (Å²) in [7, 11) is 1.32. The van der Waals surface area contributed by atoms with E-state index in [1.807, 2.05) is 0 Å². The predicted molar refractivity (Wildman–Crippen MR) is 84.1 cm³/mol. The van der Waals surface area contributed by atoms with Gasteiger partial charge in [0.2, 0.25) is 0 Å². The zero-order chi connectivity index (χ0) is 18.2. The quantitative estimate of drug-likeness (QED) is 0.669. The molecule has 0 amide bonds. The molecular formula is C18H17F3O4. The summed E-state index contributed by atoms with van der Waals surface area (Å²) in [5.74, 6) is -0.785. The number of aryl methyl sites for hydroxylation is 1. The molecule has 0 N–H and O–H groups in total. The second-order valence-corrected chi connectivity index (χ2v) is 5.15. The molecule has 0 unspecified atom stereocenters. The van der Waals surface area contributed by atoms with E-state index in [2.05, 4.69) is 4.74 Å². The Balaban J connectivity index is 1.86. The summed E-state index contributed by atoms with van der Waals surface area (Å²) >= 11 is 0. The number of carbonyl (C=O) groups is 1. The van der Waals surface area contributed by atoms with E-state index in [-0.39, 0.29) is 30.3 Å². The van der Waals surface area contributed by atoms with Crippen molar-refractivity contribution in [2.45, 2.75) is 26.1 Å². The standard InChI is InChI=1S/C18H17F3O4/c1-23-16-10-13(5-7-15(16)25-18(20)21)11-24-17(22)8-6-12-3-2-4-14(19)9-12/h2-5,7,9-10,18H,6,8,11H2,1H3. The maximum absolute atomic E-state index is 13.1. The van der Waals surface area contributed by atoms with Crippen LogP contribution in [0.3, 0.4) is 0 Å². The van der Waals surface area contributed by atoms with Crippen LogP contribution >= 0.6 is 0 Å². The fraction of sp³-hybridized carbons (Fsp3) is 0.278. The summed E-state index contributed by atoms with van der Waals surface area (Å²) < 4.78 is 52.0. The van der Waals surface area contributed by atoms with Crippen LogP contribution in [-0.4, -0.2) is 19.7 Å². The van der Waals surface area contributed by atoms with Gasteiger partial charge in [0.15, 0.2) is 11.5 Å². The summed E-state index contributed by atoms with van der Waals surface area (Å²) in [6.07, 6.45) is 0.467. The first-order chi connectivity index (χ1) is 12.0. The van der Waals surface area contributed by atoms with Crippen LogP contribution < -0.4 is 9.47 Å². The van der Waals surface area contributed by atoms with Crippen molar-refractivity contribution in [3.8, 4) is 11.5 Å². The molecule has 0 fully saturated rings. The van der Waals surface area contributed by atoms with Crippen molar-refractivity contribution in [3.63, 3.8) is 0 Å². The molecule has 0 aliphatic heterocycles. The highest BCUT2D eigenvalue weighted by Crippen LogP contribution is 2.29. The zero-order valence-electron chi connectivity index (χ0n) is 13.5. The first-order valence-corrected chi connectivity index (χ1v) is 7.49. The van der Waals surface area contributed by atoms with E-state index in [9.17, 15) is 18.0 Å². The second-order valence-electron chi connectivity index (χ2n) is 5.15. The highest BCUT2D eigenvalue weighted by Gasteiger charge is 2.12. The first-order valence-electron chi connectivity index (χ1n) is 7.49. The Bertz CT molecular complexity index is 719. The van der Waals surface area contributed by atoms with Crippen LogP contribution in [0.2, 0.25) is 0 Å². The van der Waals surface area contributed by atoms with Crippen LogP contribution in [0.15, 0.2) is 42.5 Å². The highest BCUT2D eigenvalue weighted by atomic mass is 19.3. The number of methoxy groups -OCH3 is 1. The molecule has 0 saturated heterocycles. The molecule has 0 heterocycles. The van der Waals surface area contributed by atoms with Gasteiger partial charge in [0.05, 0.1) is 7.11 Å². The van der Waals surface area contributed by atoms with Crippen molar-refractivity contribution >= 4 is 5.97 Å². The minimum atomic E-state index is -2.96. The lowest BCUT2D eigenvalue weighted by Crippen LogP contribution is -2.07. The molecule has 25 heavy (non-hydrogen) atoms. The van der Waals surface area contributed by atoms with Gasteiger partial charge >= 0.3 is 12.6 Å².